The third kappa shape index (κ3) is 2.51. The summed E-state index contributed by atoms with van der Waals surface area (Å²) in [6, 6.07) is 14.9. The lowest BCUT2D eigenvalue weighted by atomic mass is 10.1. The fraction of sp³-hybridized carbons (Fsp3) is 0. The molecule has 0 fully saturated rings. The normalized spacial score (nSPS) is 11.0. The Labute approximate surface area is 118 Å². The van der Waals surface area contributed by atoms with Crippen molar-refractivity contribution in [1.29, 1.82) is 5.26 Å². The lowest BCUT2D eigenvalue weighted by Crippen LogP contribution is -2.09. The van der Waals surface area contributed by atoms with Crippen LogP contribution in [-0.4, -0.2) is 5.97 Å². The Kier molecular flexibility index (Phi) is 3.95. The zero-order chi connectivity index (χ0) is 13.0. The van der Waals surface area contributed by atoms with E-state index >= 15 is 0 Å². The van der Waals surface area contributed by atoms with E-state index in [0.29, 0.717) is 5.75 Å². The number of carbonyl (C=O) groups is 1. The predicted octanol–water partition coefficient (Wildman–Crippen LogP) is 3.59. The van der Waals surface area contributed by atoms with Gasteiger partial charge in [0.25, 0.3) is 0 Å². The van der Waals surface area contributed by atoms with Crippen molar-refractivity contribution in [2.45, 2.75) is 0 Å². The van der Waals surface area contributed by atoms with Crippen LogP contribution in [0.3, 0.4) is 0 Å². The lowest BCUT2D eigenvalue weighted by Gasteiger charge is -2.06. The van der Waals surface area contributed by atoms with Gasteiger partial charge in [-0.05, 0) is 11.5 Å². The van der Waals surface area contributed by atoms with Crippen molar-refractivity contribution in [1.82, 2.24) is 0 Å². The van der Waals surface area contributed by atoms with Gasteiger partial charge < -0.3 is 4.74 Å². The van der Waals surface area contributed by atoms with Gasteiger partial charge in [0.1, 0.15) is 17.4 Å². The fourth-order valence-electron chi connectivity index (χ4n) is 1.55. The summed E-state index contributed by atoms with van der Waals surface area (Å²) in [4.78, 5) is 11.7. The maximum atomic E-state index is 11.7. The molecule has 0 radical (unpaired) electrons. The van der Waals surface area contributed by atoms with Gasteiger partial charge in [0, 0.05) is 9.47 Å². The van der Waals surface area contributed by atoms with Gasteiger partial charge in [0.15, 0.2) is 0 Å². The van der Waals surface area contributed by atoms with Crippen LogP contribution in [0.15, 0.2) is 52.1 Å². The van der Waals surface area contributed by atoms with Gasteiger partial charge in [0.05, 0.1) is 0 Å². The van der Waals surface area contributed by atoms with E-state index < -0.39 is 5.97 Å². The molecule has 0 saturated carbocycles. The smallest absolute Gasteiger partial charge is 0.354 e. The Morgan fingerprint density at radius 2 is 1.94 bits per heavy atom. The molecule has 2 aromatic carbocycles. The van der Waals surface area contributed by atoms with Crippen molar-refractivity contribution in [2.24, 2.45) is 0 Å². The van der Waals surface area contributed by atoms with E-state index in [1.54, 1.807) is 12.1 Å². The zero-order valence-electron chi connectivity index (χ0n) is 9.26. The van der Waals surface area contributed by atoms with Crippen LogP contribution in [0.2, 0.25) is 0 Å². The molecule has 0 aliphatic heterocycles. The van der Waals surface area contributed by atoms with Crippen molar-refractivity contribution in [3.8, 4) is 11.8 Å². The molecular formula is C14H8INO2. The molecule has 3 nitrogen and oxygen atoms in total. The largest absolute Gasteiger partial charge is 0.422 e. The van der Waals surface area contributed by atoms with Crippen LogP contribution in [0.5, 0.6) is 5.75 Å². The molecule has 4 heteroatoms. The third-order valence-electron chi connectivity index (χ3n) is 2.40. The Balaban J connectivity index is 2.39. The molecule has 0 saturated heterocycles. The number of nitrogens with zero attached hydrogens (tertiary/aromatic N) is 1. The molecule has 0 atom stereocenters. The minimum atomic E-state index is -0.636. The molecule has 0 unspecified atom stereocenters. The maximum Gasteiger partial charge on any atom is 0.354 e. The number of hydrogen-bond acceptors (Lipinski definition) is 3. The molecule has 0 N–H and O–H groups in total. The molecule has 0 bridgehead atoms. The molecule has 0 heterocycles. The fourth-order valence-corrected chi connectivity index (χ4v) is 1.95. The van der Waals surface area contributed by atoms with Crippen LogP contribution >= 0.6 is 22.6 Å². The number of esters is 1. The maximum absolute atomic E-state index is 11.7. The van der Waals surface area contributed by atoms with Gasteiger partial charge in [-0.25, -0.2) is 4.79 Å². The monoisotopic (exact) mass is 349 g/mol. The molecule has 2 rings (SSSR count). The second-order valence-corrected chi connectivity index (χ2v) is 4.12. The van der Waals surface area contributed by atoms with Gasteiger partial charge in [-0.3, -0.25) is 0 Å². The van der Waals surface area contributed by atoms with Crippen LogP contribution in [-0.2, 0) is 4.79 Å². The topological polar surface area (TPSA) is 50.1 Å². The SMILES string of the molecule is N#CC(=CI)C(=O)Oc1cccc2ccccc12. The average molecular weight is 349 g/mol. The second kappa shape index (κ2) is 5.65. The Bertz CT molecular complexity index is 666. The molecule has 2 aromatic rings. The summed E-state index contributed by atoms with van der Waals surface area (Å²) in [7, 11) is 0. The molecule has 88 valence electrons. The second-order valence-electron chi connectivity index (χ2n) is 3.50. The van der Waals surface area contributed by atoms with Crippen molar-refractivity contribution in [3.63, 3.8) is 0 Å². The number of fused-ring (bicyclic) bond motifs is 1. The van der Waals surface area contributed by atoms with E-state index in [-0.39, 0.29) is 5.57 Å². The molecule has 0 aromatic heterocycles. The summed E-state index contributed by atoms with van der Waals surface area (Å²) < 4.78 is 6.65. The average Bonchev–Trinajstić information content (AvgIpc) is 2.40. The van der Waals surface area contributed by atoms with E-state index in [0.717, 1.165) is 10.8 Å². The number of rotatable bonds is 2. The van der Waals surface area contributed by atoms with Crippen LogP contribution < -0.4 is 4.74 Å². The number of halogens is 1. The summed E-state index contributed by atoms with van der Waals surface area (Å²) in [6.07, 6.45) is 0. The highest BCUT2D eigenvalue weighted by atomic mass is 127. The lowest BCUT2D eigenvalue weighted by molar-refractivity contribution is -0.129. The third-order valence-corrected chi connectivity index (χ3v) is 3.02. The van der Waals surface area contributed by atoms with E-state index in [1.165, 1.54) is 4.08 Å². The van der Waals surface area contributed by atoms with Crippen LogP contribution in [0.1, 0.15) is 0 Å². The van der Waals surface area contributed by atoms with E-state index in [2.05, 4.69) is 0 Å². The minimum absolute atomic E-state index is 0.0106. The molecular weight excluding hydrogens is 341 g/mol. The number of ether oxygens (including phenoxy) is 1. The van der Waals surface area contributed by atoms with E-state index in [9.17, 15) is 4.79 Å². The first-order valence-electron chi connectivity index (χ1n) is 5.16. The highest BCUT2D eigenvalue weighted by molar-refractivity contribution is 14.1. The summed E-state index contributed by atoms with van der Waals surface area (Å²) in [6.45, 7) is 0. The van der Waals surface area contributed by atoms with Gasteiger partial charge >= 0.3 is 5.97 Å². The molecule has 0 amide bonds. The van der Waals surface area contributed by atoms with E-state index in [4.69, 9.17) is 10.00 Å². The molecule has 0 spiro atoms. The summed E-state index contributed by atoms with van der Waals surface area (Å²) in [5.41, 5.74) is -0.0106. The van der Waals surface area contributed by atoms with E-state index in [1.807, 2.05) is 59.0 Å². The predicted molar refractivity (Wildman–Crippen MR) is 77.3 cm³/mol. The van der Waals surface area contributed by atoms with Gasteiger partial charge in [-0.1, -0.05) is 59.0 Å². The van der Waals surface area contributed by atoms with Gasteiger partial charge in [-0.15, -0.1) is 0 Å². The first-order chi connectivity index (χ1) is 8.76. The minimum Gasteiger partial charge on any atom is -0.422 e. The Morgan fingerprint density at radius 1 is 1.22 bits per heavy atom. The van der Waals surface area contributed by atoms with Crippen molar-refractivity contribution < 1.29 is 9.53 Å². The summed E-state index contributed by atoms with van der Waals surface area (Å²) in [5.74, 6) is -0.174. The van der Waals surface area contributed by atoms with Crippen molar-refractivity contribution in [3.05, 3.63) is 52.1 Å². The first kappa shape index (κ1) is 12.6. The molecule has 0 aliphatic rings. The van der Waals surface area contributed by atoms with Crippen LogP contribution in [0.4, 0.5) is 0 Å². The van der Waals surface area contributed by atoms with Crippen LogP contribution in [0.25, 0.3) is 10.8 Å². The van der Waals surface area contributed by atoms with Gasteiger partial charge in [-0.2, -0.15) is 5.26 Å². The summed E-state index contributed by atoms with van der Waals surface area (Å²) in [5, 5.41) is 10.6. The Hall–Kier alpha value is -1.87. The standard InChI is InChI=1S/C14H8INO2/c15-8-11(9-16)14(17)18-13-7-3-5-10-4-1-2-6-12(10)13/h1-8H. The first-order valence-corrected chi connectivity index (χ1v) is 6.41. The summed E-state index contributed by atoms with van der Waals surface area (Å²) >= 11 is 1.84. The zero-order valence-corrected chi connectivity index (χ0v) is 11.4. The highest BCUT2D eigenvalue weighted by Crippen LogP contribution is 2.25. The number of nitriles is 1. The van der Waals surface area contributed by atoms with Crippen molar-refractivity contribution >= 4 is 39.3 Å². The van der Waals surface area contributed by atoms with Crippen LogP contribution in [0, 0.1) is 11.3 Å². The Morgan fingerprint density at radius 3 is 2.67 bits per heavy atom. The van der Waals surface area contributed by atoms with Gasteiger partial charge in [0.2, 0.25) is 0 Å². The number of hydrogen-bond donors (Lipinski definition) is 0. The number of carbonyl (C=O) groups excluding carboxylic acids is 1. The quantitative estimate of drug-likeness (QED) is 0.274. The number of benzene rings is 2. The molecule has 18 heavy (non-hydrogen) atoms. The highest BCUT2D eigenvalue weighted by Gasteiger charge is 2.12. The molecule has 0 aliphatic carbocycles. The van der Waals surface area contributed by atoms with Crippen molar-refractivity contribution in [2.75, 3.05) is 0 Å².